The van der Waals surface area contributed by atoms with Gasteiger partial charge in [-0.1, -0.05) is 13.8 Å². The molecule has 1 atom stereocenters. The average molecular weight is 316 g/mol. The third kappa shape index (κ3) is 4.20. The Kier molecular flexibility index (Phi) is 5.55. The lowest BCUT2D eigenvalue weighted by atomic mass is 10.0. The van der Waals surface area contributed by atoms with Crippen molar-refractivity contribution < 1.29 is 14.6 Å². The predicted octanol–water partition coefficient (Wildman–Crippen LogP) is 2.69. The lowest BCUT2D eigenvalue weighted by Gasteiger charge is -2.19. The fraction of sp³-hybridized carbons (Fsp3) is 0.444. The quantitative estimate of drug-likeness (QED) is 0.859. The van der Waals surface area contributed by atoms with E-state index in [1.165, 1.54) is 0 Å². The van der Waals surface area contributed by atoms with E-state index in [0.29, 0.717) is 17.2 Å². The molecule has 5 nitrogen and oxygen atoms in total. The minimum Gasteiger partial charge on any atom is -0.497 e. The normalized spacial score (nSPS) is 12.4. The van der Waals surface area contributed by atoms with Gasteiger partial charge < -0.3 is 15.2 Å². The number of rotatable bonds is 6. The number of aliphatic hydroxyl groups is 1. The Bertz CT molecular complexity index is 698. The van der Waals surface area contributed by atoms with Gasteiger partial charge in [0.1, 0.15) is 5.75 Å². The second kappa shape index (κ2) is 7.42. The minimum absolute atomic E-state index is 0.0683. The maximum absolute atomic E-state index is 12.5. The van der Waals surface area contributed by atoms with Gasteiger partial charge >= 0.3 is 0 Å². The number of fused-ring (bicyclic) bond motifs is 1. The molecule has 1 unspecified atom stereocenters. The fourth-order valence-electron chi connectivity index (χ4n) is 2.61. The lowest BCUT2D eigenvalue weighted by Crippen LogP contribution is -2.38. The number of methoxy groups -OCH3 is 1. The molecule has 23 heavy (non-hydrogen) atoms. The number of nitrogens with one attached hydrogen (secondary N) is 1. The number of amides is 1. The molecule has 0 aliphatic rings. The van der Waals surface area contributed by atoms with Crippen LogP contribution in [0.1, 0.15) is 36.3 Å². The molecule has 0 aliphatic heterocycles. The van der Waals surface area contributed by atoms with E-state index in [1.807, 2.05) is 31.2 Å². The molecule has 2 N–H and O–H groups in total. The molecule has 2 rings (SSSR count). The smallest absolute Gasteiger partial charge is 0.253 e. The summed E-state index contributed by atoms with van der Waals surface area (Å²) < 4.78 is 5.20. The highest BCUT2D eigenvalue weighted by molar-refractivity contribution is 5.98. The van der Waals surface area contributed by atoms with Crippen molar-refractivity contribution in [3.63, 3.8) is 0 Å². The molecule has 1 amide bonds. The molecule has 1 aromatic heterocycles. The molecular weight excluding hydrogens is 292 g/mol. The maximum Gasteiger partial charge on any atom is 0.253 e. The number of carbonyl (C=O) groups excluding carboxylic acids is 1. The summed E-state index contributed by atoms with van der Waals surface area (Å²) in [6.07, 6.45) is 0.736. The molecule has 0 bridgehead atoms. The predicted molar refractivity (Wildman–Crippen MR) is 90.8 cm³/mol. The first-order chi connectivity index (χ1) is 10.9. The van der Waals surface area contributed by atoms with Crippen LogP contribution in [0.3, 0.4) is 0 Å². The third-order valence-electron chi connectivity index (χ3n) is 3.77. The first-order valence-corrected chi connectivity index (χ1v) is 7.81. The van der Waals surface area contributed by atoms with E-state index in [1.54, 1.807) is 7.11 Å². The van der Waals surface area contributed by atoms with Crippen LogP contribution in [0.5, 0.6) is 5.75 Å². The number of carbonyl (C=O) groups is 1. The Morgan fingerprint density at radius 1 is 1.35 bits per heavy atom. The van der Waals surface area contributed by atoms with Gasteiger partial charge in [-0.2, -0.15) is 0 Å². The zero-order valence-electron chi connectivity index (χ0n) is 14.1. The number of pyridine rings is 1. The topological polar surface area (TPSA) is 71.5 Å². The van der Waals surface area contributed by atoms with E-state index in [0.717, 1.165) is 23.1 Å². The molecule has 0 saturated carbocycles. The van der Waals surface area contributed by atoms with E-state index in [9.17, 15) is 9.90 Å². The maximum atomic E-state index is 12.5. The third-order valence-corrected chi connectivity index (χ3v) is 3.77. The van der Waals surface area contributed by atoms with Gasteiger partial charge in [0.2, 0.25) is 0 Å². The zero-order valence-corrected chi connectivity index (χ0v) is 14.1. The monoisotopic (exact) mass is 316 g/mol. The van der Waals surface area contributed by atoms with Gasteiger partial charge in [-0.3, -0.25) is 9.78 Å². The molecule has 0 saturated heterocycles. The van der Waals surface area contributed by atoms with E-state index >= 15 is 0 Å². The highest BCUT2D eigenvalue weighted by Gasteiger charge is 2.17. The number of hydrogen-bond donors (Lipinski definition) is 2. The van der Waals surface area contributed by atoms with Gasteiger partial charge in [-0.05, 0) is 37.5 Å². The van der Waals surface area contributed by atoms with Crippen LogP contribution >= 0.6 is 0 Å². The second-order valence-corrected chi connectivity index (χ2v) is 6.16. The number of nitrogens with zero attached hydrogens (tertiary/aromatic N) is 1. The number of aromatic nitrogens is 1. The minimum atomic E-state index is -0.242. The van der Waals surface area contributed by atoms with Crippen molar-refractivity contribution >= 4 is 16.8 Å². The van der Waals surface area contributed by atoms with Crippen LogP contribution in [0.25, 0.3) is 10.9 Å². The summed E-state index contributed by atoms with van der Waals surface area (Å²) in [7, 11) is 1.61. The van der Waals surface area contributed by atoms with Crippen LogP contribution in [-0.2, 0) is 0 Å². The van der Waals surface area contributed by atoms with Gasteiger partial charge in [0, 0.05) is 11.5 Å². The molecule has 1 aromatic carbocycles. The molecule has 0 radical (unpaired) electrons. The first-order valence-electron chi connectivity index (χ1n) is 7.81. The van der Waals surface area contributed by atoms with Crippen LogP contribution in [0, 0.1) is 12.8 Å². The fourth-order valence-corrected chi connectivity index (χ4v) is 2.61. The van der Waals surface area contributed by atoms with Gasteiger partial charge in [0.25, 0.3) is 5.91 Å². The van der Waals surface area contributed by atoms with E-state index < -0.39 is 0 Å². The lowest BCUT2D eigenvalue weighted by molar-refractivity contribution is 0.0907. The van der Waals surface area contributed by atoms with Crippen LogP contribution in [-0.4, -0.2) is 35.8 Å². The van der Waals surface area contributed by atoms with Crippen molar-refractivity contribution in [1.82, 2.24) is 10.3 Å². The summed E-state index contributed by atoms with van der Waals surface area (Å²) in [5.41, 5.74) is 1.98. The number of hydrogen-bond acceptors (Lipinski definition) is 4. The van der Waals surface area contributed by atoms with Crippen LogP contribution in [0.15, 0.2) is 24.3 Å². The van der Waals surface area contributed by atoms with E-state index in [-0.39, 0.29) is 18.6 Å². The van der Waals surface area contributed by atoms with E-state index in [2.05, 4.69) is 24.1 Å². The van der Waals surface area contributed by atoms with Crippen LogP contribution in [0.2, 0.25) is 0 Å². The van der Waals surface area contributed by atoms with Crippen molar-refractivity contribution in [2.24, 2.45) is 5.92 Å². The number of aryl methyl sites for hydroxylation is 1. The summed E-state index contributed by atoms with van der Waals surface area (Å²) in [6, 6.07) is 7.16. The Morgan fingerprint density at radius 2 is 2.09 bits per heavy atom. The standard InChI is InChI=1S/C18H24N2O3/c1-11(2)7-14(10-21)20-18(22)16-8-13-5-6-15(23-4)9-17(13)19-12(16)3/h5-6,8-9,11,14,21H,7,10H2,1-4H3,(H,20,22). The Morgan fingerprint density at radius 3 is 2.70 bits per heavy atom. The van der Waals surface area contributed by atoms with Crippen molar-refractivity contribution in [2.45, 2.75) is 33.2 Å². The van der Waals surface area contributed by atoms with Crippen molar-refractivity contribution in [3.05, 3.63) is 35.5 Å². The summed E-state index contributed by atoms with van der Waals surface area (Å²) in [6.45, 7) is 5.86. The summed E-state index contributed by atoms with van der Waals surface area (Å²) in [5, 5.41) is 13.2. The van der Waals surface area contributed by atoms with E-state index in [4.69, 9.17) is 4.74 Å². The van der Waals surface area contributed by atoms with Crippen molar-refractivity contribution in [1.29, 1.82) is 0 Å². The van der Waals surface area contributed by atoms with Gasteiger partial charge in [-0.25, -0.2) is 0 Å². The average Bonchev–Trinajstić information content (AvgIpc) is 2.52. The first kappa shape index (κ1) is 17.2. The van der Waals surface area contributed by atoms with Crippen molar-refractivity contribution in [3.8, 4) is 5.75 Å². The molecule has 0 fully saturated rings. The summed E-state index contributed by atoms with van der Waals surface area (Å²) in [4.78, 5) is 17.0. The molecule has 124 valence electrons. The number of benzene rings is 1. The molecule has 0 aliphatic carbocycles. The van der Waals surface area contributed by atoms with Crippen molar-refractivity contribution in [2.75, 3.05) is 13.7 Å². The largest absolute Gasteiger partial charge is 0.497 e. The van der Waals surface area contributed by atoms with Gasteiger partial charge in [0.15, 0.2) is 0 Å². The summed E-state index contributed by atoms with van der Waals surface area (Å²) >= 11 is 0. The molecular formula is C18H24N2O3. The molecule has 0 spiro atoms. The zero-order chi connectivity index (χ0) is 17.0. The summed E-state index contributed by atoms with van der Waals surface area (Å²) in [5.74, 6) is 0.932. The second-order valence-electron chi connectivity index (χ2n) is 6.16. The van der Waals surface area contributed by atoms with Crippen LogP contribution < -0.4 is 10.1 Å². The highest BCUT2D eigenvalue weighted by Crippen LogP contribution is 2.22. The molecule has 5 heteroatoms. The number of aliphatic hydroxyl groups excluding tert-OH is 1. The Balaban J connectivity index is 2.28. The molecule has 2 aromatic rings. The van der Waals surface area contributed by atoms with Gasteiger partial charge in [0.05, 0.1) is 36.5 Å². The number of ether oxygens (including phenoxy) is 1. The Hall–Kier alpha value is -2.14. The van der Waals surface area contributed by atoms with Gasteiger partial charge in [-0.15, -0.1) is 0 Å². The SMILES string of the molecule is COc1ccc2cc(C(=O)NC(CO)CC(C)C)c(C)nc2c1. The Labute approximate surface area is 136 Å². The highest BCUT2D eigenvalue weighted by atomic mass is 16.5. The van der Waals surface area contributed by atoms with Crippen LogP contribution in [0.4, 0.5) is 0 Å². The molecule has 1 heterocycles.